The van der Waals surface area contributed by atoms with E-state index in [-0.39, 0.29) is 0 Å². The molecule has 1 fully saturated rings. The molecule has 1 saturated heterocycles. The van der Waals surface area contributed by atoms with E-state index in [2.05, 4.69) is 36.7 Å². The second kappa shape index (κ2) is 13.4. The number of methoxy groups -OCH3 is 2. The van der Waals surface area contributed by atoms with Gasteiger partial charge in [0.15, 0.2) is 6.10 Å². The van der Waals surface area contributed by atoms with Gasteiger partial charge in [-0.2, -0.15) is 0 Å². The van der Waals surface area contributed by atoms with E-state index in [1.54, 1.807) is 13.8 Å². The Bertz CT molecular complexity index is 648. The average molecular weight is 405 g/mol. The van der Waals surface area contributed by atoms with Crippen LogP contribution in [0.2, 0.25) is 0 Å². The molecule has 0 bridgehead atoms. The van der Waals surface area contributed by atoms with Crippen molar-refractivity contribution < 1.29 is 23.7 Å². The van der Waals surface area contributed by atoms with Gasteiger partial charge in [-0.1, -0.05) is 50.5 Å². The highest BCUT2D eigenvalue weighted by Gasteiger charge is 2.57. The molecule has 0 aromatic rings. The Labute approximate surface area is 176 Å². The molecule has 0 saturated carbocycles. The van der Waals surface area contributed by atoms with Crippen LogP contribution in [-0.2, 0) is 23.7 Å². The number of allylic oxidation sites excluding steroid dienone is 2. The number of unbranched alkanes of at least 4 members (excludes halogenated alkanes) is 6. The van der Waals surface area contributed by atoms with Crippen LogP contribution >= 0.6 is 0 Å². The molecule has 0 amide bonds. The van der Waals surface area contributed by atoms with Gasteiger partial charge in [0.05, 0.1) is 0 Å². The van der Waals surface area contributed by atoms with Gasteiger partial charge in [-0.05, 0) is 50.5 Å². The standard InChI is InChI=1S/C24H36O5/c1-6-7-8-9-10-11-12-13-14-15-16-17-18-19-20-21-22(25)29-24(3,27-5)23(2,26-4)28-21/h10-11,21H,6-9,16-20H2,1-5H3/b11-10-/t21-,23-,24-/m0/s1. The molecule has 1 aliphatic rings. The molecule has 162 valence electrons. The molecule has 5 heteroatoms. The summed E-state index contributed by atoms with van der Waals surface area (Å²) >= 11 is 0. The predicted molar refractivity (Wildman–Crippen MR) is 114 cm³/mol. The summed E-state index contributed by atoms with van der Waals surface area (Å²) in [5.74, 6) is 8.91. The molecule has 1 rings (SSSR count). The number of esters is 1. The molecule has 0 unspecified atom stereocenters. The Morgan fingerprint density at radius 1 is 1.03 bits per heavy atom. The van der Waals surface area contributed by atoms with Gasteiger partial charge in [-0.15, -0.1) is 0 Å². The van der Waals surface area contributed by atoms with Crippen molar-refractivity contribution in [3.63, 3.8) is 0 Å². The zero-order valence-electron chi connectivity index (χ0n) is 18.6. The smallest absolute Gasteiger partial charge is 0.338 e. The molecular formula is C24H36O5. The highest BCUT2D eigenvalue weighted by molar-refractivity contribution is 5.75. The third-order valence-electron chi connectivity index (χ3n) is 5.20. The second-order valence-electron chi connectivity index (χ2n) is 7.40. The summed E-state index contributed by atoms with van der Waals surface area (Å²) in [7, 11) is 2.97. The van der Waals surface area contributed by atoms with Crippen LogP contribution in [0.4, 0.5) is 0 Å². The fraction of sp³-hybridized carbons (Fsp3) is 0.708. The summed E-state index contributed by atoms with van der Waals surface area (Å²) in [4.78, 5) is 12.2. The number of ether oxygens (including phenoxy) is 4. The maximum absolute atomic E-state index is 12.2. The first-order valence-electron chi connectivity index (χ1n) is 10.6. The molecule has 3 atom stereocenters. The fourth-order valence-corrected chi connectivity index (χ4v) is 2.97. The lowest BCUT2D eigenvalue weighted by Crippen LogP contribution is -2.64. The summed E-state index contributed by atoms with van der Waals surface area (Å²) in [5.41, 5.74) is 0. The van der Waals surface area contributed by atoms with Crippen molar-refractivity contribution in [1.29, 1.82) is 0 Å². The Balaban J connectivity index is 2.25. The Kier molecular flexibility index (Phi) is 11.7. The van der Waals surface area contributed by atoms with Gasteiger partial charge in [0, 0.05) is 27.6 Å². The first-order valence-corrected chi connectivity index (χ1v) is 10.6. The van der Waals surface area contributed by atoms with Crippen LogP contribution in [-0.4, -0.2) is 37.9 Å². The first kappa shape index (κ1) is 25.2. The van der Waals surface area contributed by atoms with Crippen LogP contribution in [0.3, 0.4) is 0 Å². The van der Waals surface area contributed by atoms with Gasteiger partial charge >= 0.3 is 5.97 Å². The molecular weight excluding hydrogens is 368 g/mol. The van der Waals surface area contributed by atoms with Crippen molar-refractivity contribution in [3.05, 3.63) is 12.2 Å². The van der Waals surface area contributed by atoms with Crippen molar-refractivity contribution in [2.75, 3.05) is 14.2 Å². The number of cyclic esters (lactones) is 1. The van der Waals surface area contributed by atoms with Gasteiger partial charge in [0.25, 0.3) is 5.79 Å². The van der Waals surface area contributed by atoms with Crippen molar-refractivity contribution >= 4 is 5.97 Å². The van der Waals surface area contributed by atoms with Crippen molar-refractivity contribution in [1.82, 2.24) is 0 Å². The van der Waals surface area contributed by atoms with Gasteiger partial charge in [0.1, 0.15) is 0 Å². The molecule has 0 spiro atoms. The molecule has 1 aliphatic heterocycles. The van der Waals surface area contributed by atoms with Crippen molar-refractivity contribution in [3.8, 4) is 23.7 Å². The van der Waals surface area contributed by atoms with Crippen LogP contribution in [0.25, 0.3) is 0 Å². The molecule has 0 aromatic carbocycles. The summed E-state index contributed by atoms with van der Waals surface area (Å²) in [6.45, 7) is 5.55. The molecule has 1 heterocycles. The number of carbonyl (C=O) groups excluding carboxylic acids is 1. The summed E-state index contributed by atoms with van der Waals surface area (Å²) in [6, 6.07) is 0. The Morgan fingerprint density at radius 2 is 1.79 bits per heavy atom. The Morgan fingerprint density at radius 3 is 2.48 bits per heavy atom. The topological polar surface area (TPSA) is 54.0 Å². The molecule has 0 radical (unpaired) electrons. The molecule has 29 heavy (non-hydrogen) atoms. The van der Waals surface area contributed by atoms with Crippen LogP contribution in [0.15, 0.2) is 12.2 Å². The summed E-state index contributed by atoms with van der Waals surface area (Å²) in [5, 5.41) is 0. The normalized spacial score (nSPS) is 26.4. The fourth-order valence-electron chi connectivity index (χ4n) is 2.97. The van der Waals surface area contributed by atoms with E-state index in [9.17, 15) is 4.79 Å². The quantitative estimate of drug-likeness (QED) is 0.283. The molecule has 0 aliphatic carbocycles. The second-order valence-corrected chi connectivity index (χ2v) is 7.40. The molecule has 0 aromatic heterocycles. The van der Waals surface area contributed by atoms with Crippen molar-refractivity contribution in [2.24, 2.45) is 0 Å². The Hall–Kier alpha value is -1.79. The number of hydrogen-bond donors (Lipinski definition) is 0. The van der Waals surface area contributed by atoms with Crippen molar-refractivity contribution in [2.45, 2.75) is 96.2 Å². The maximum Gasteiger partial charge on any atom is 0.338 e. The summed E-state index contributed by atoms with van der Waals surface area (Å²) in [6.07, 6.45) is 12.3. The van der Waals surface area contributed by atoms with Crippen LogP contribution < -0.4 is 0 Å². The van der Waals surface area contributed by atoms with E-state index in [1.165, 1.54) is 33.5 Å². The highest BCUT2D eigenvalue weighted by Crippen LogP contribution is 2.38. The van der Waals surface area contributed by atoms with Crippen LogP contribution in [0.5, 0.6) is 0 Å². The van der Waals surface area contributed by atoms with Crippen LogP contribution in [0.1, 0.15) is 78.6 Å². The summed E-state index contributed by atoms with van der Waals surface area (Å²) < 4.78 is 22.1. The van der Waals surface area contributed by atoms with Gasteiger partial charge < -0.3 is 18.9 Å². The average Bonchev–Trinajstić information content (AvgIpc) is 2.71. The number of carbonyl (C=O) groups is 1. The van der Waals surface area contributed by atoms with Gasteiger partial charge in [-0.25, -0.2) is 4.79 Å². The van der Waals surface area contributed by atoms with E-state index in [0.717, 1.165) is 32.1 Å². The largest absolute Gasteiger partial charge is 0.425 e. The van der Waals surface area contributed by atoms with Gasteiger partial charge in [0.2, 0.25) is 5.79 Å². The predicted octanol–water partition coefficient (Wildman–Crippen LogP) is 4.75. The third kappa shape index (κ3) is 8.23. The van der Waals surface area contributed by atoms with E-state index < -0.39 is 23.6 Å². The van der Waals surface area contributed by atoms with E-state index >= 15 is 0 Å². The van der Waals surface area contributed by atoms with E-state index in [4.69, 9.17) is 18.9 Å². The molecule has 0 N–H and O–H groups in total. The minimum absolute atomic E-state index is 0.415. The lowest BCUT2D eigenvalue weighted by molar-refractivity contribution is -0.406. The maximum atomic E-state index is 12.2. The molecule has 5 nitrogen and oxygen atoms in total. The lowest BCUT2D eigenvalue weighted by atomic mass is 10.0. The first-order chi connectivity index (χ1) is 13.9. The minimum Gasteiger partial charge on any atom is -0.425 e. The van der Waals surface area contributed by atoms with Crippen LogP contribution in [0, 0.1) is 23.7 Å². The zero-order valence-corrected chi connectivity index (χ0v) is 18.6. The number of hydrogen-bond acceptors (Lipinski definition) is 5. The monoisotopic (exact) mass is 404 g/mol. The zero-order chi connectivity index (χ0) is 21.6. The van der Waals surface area contributed by atoms with Gasteiger partial charge in [-0.3, -0.25) is 0 Å². The SMILES string of the molecule is CCCCC/C=C\C#CC#CCCCCC[C@@H]1O[C@](C)(OC)[C@@](C)(OC)OC1=O. The minimum atomic E-state index is -1.27. The third-order valence-corrected chi connectivity index (χ3v) is 5.20. The van der Waals surface area contributed by atoms with E-state index in [1.807, 2.05) is 6.08 Å². The highest BCUT2D eigenvalue weighted by atomic mass is 16.8. The lowest BCUT2D eigenvalue weighted by Gasteiger charge is -2.47. The number of rotatable bonds is 11. The van der Waals surface area contributed by atoms with E-state index in [0.29, 0.717) is 6.42 Å².